The lowest BCUT2D eigenvalue weighted by Gasteiger charge is -2.21. The summed E-state index contributed by atoms with van der Waals surface area (Å²) in [5, 5.41) is 12.4. The van der Waals surface area contributed by atoms with E-state index in [4.69, 9.17) is 4.42 Å². The molecule has 1 heterocycles. The first-order valence-corrected chi connectivity index (χ1v) is 14.3. The number of hydrogen-bond donors (Lipinski definition) is 1. The van der Waals surface area contributed by atoms with E-state index in [9.17, 15) is 18.5 Å². The highest BCUT2D eigenvalue weighted by Crippen LogP contribution is 2.23. The maximum absolute atomic E-state index is 13.6. The molecule has 4 rings (SSSR count). The maximum atomic E-state index is 13.6. The largest absolute Gasteiger partial charge is 0.460 e. The number of furan rings is 1. The average molecular weight is 554 g/mol. The molecule has 0 fully saturated rings. The quantitative estimate of drug-likeness (QED) is 0.190. The Labute approximate surface area is 235 Å². The molecule has 8 heteroatoms. The van der Waals surface area contributed by atoms with Gasteiger partial charge in [0.15, 0.2) is 0 Å². The fourth-order valence-corrected chi connectivity index (χ4v) is 5.50. The number of aryl methyl sites for hydroxylation is 2. The summed E-state index contributed by atoms with van der Waals surface area (Å²) in [6.45, 7) is 5.82. The van der Waals surface area contributed by atoms with Crippen LogP contribution >= 0.6 is 0 Å². The third kappa shape index (κ3) is 7.14. The number of nitrogens with zero attached hydrogens (tertiary/aromatic N) is 2. The molecule has 0 unspecified atom stereocenters. The Morgan fingerprint density at radius 3 is 2.17 bits per heavy atom. The number of amides is 1. The van der Waals surface area contributed by atoms with Crippen molar-refractivity contribution >= 4 is 22.0 Å². The number of sulfonamides is 1. The summed E-state index contributed by atoms with van der Waals surface area (Å²) < 4.78 is 34.5. The van der Waals surface area contributed by atoms with Crippen molar-refractivity contribution in [2.75, 3.05) is 0 Å². The molecule has 0 saturated heterocycles. The zero-order valence-corrected chi connectivity index (χ0v) is 23.5. The molecule has 1 amide bonds. The van der Waals surface area contributed by atoms with Crippen molar-refractivity contribution in [1.29, 1.82) is 5.26 Å². The van der Waals surface area contributed by atoms with Crippen LogP contribution in [0.15, 0.2) is 106 Å². The fraction of sp³-hybridized carbons (Fsp3) is 0.188. The fourth-order valence-electron chi connectivity index (χ4n) is 4.10. The molecule has 0 radical (unpaired) electrons. The van der Waals surface area contributed by atoms with Crippen LogP contribution in [0.4, 0.5) is 0 Å². The minimum atomic E-state index is -3.85. The molecule has 0 saturated carbocycles. The van der Waals surface area contributed by atoms with Crippen molar-refractivity contribution in [3.8, 4) is 6.07 Å². The number of carbonyl (C=O) groups is 1. The molecular formula is C32H31N3O4S. The first kappa shape index (κ1) is 28.6. The standard InChI is InChI=1S/C32H31N3O4S/c1-23-9-13-26(14-10-23)21-35(40(37,38)31-17-11-24(2)12-18-31)22-30-16-15-29(39-30)19-28(20-33)32(36)34-25(3)27-7-5-4-6-8-27/h4-19,25H,21-22H2,1-3H3,(H,34,36)/b28-19-/t25-/m1/s1. The van der Waals surface area contributed by atoms with Gasteiger partial charge in [-0.05, 0) is 56.2 Å². The zero-order valence-electron chi connectivity index (χ0n) is 22.7. The molecule has 3 aromatic carbocycles. The minimum Gasteiger partial charge on any atom is -0.460 e. The lowest BCUT2D eigenvalue weighted by atomic mass is 10.1. The summed E-state index contributed by atoms with van der Waals surface area (Å²) in [5.74, 6) is 0.126. The van der Waals surface area contributed by atoms with Gasteiger partial charge in [-0.1, -0.05) is 77.9 Å². The van der Waals surface area contributed by atoms with E-state index in [2.05, 4.69) is 5.32 Å². The summed E-state index contributed by atoms with van der Waals surface area (Å²) in [7, 11) is -3.85. The molecule has 1 N–H and O–H groups in total. The monoisotopic (exact) mass is 553 g/mol. The van der Waals surface area contributed by atoms with Crippen molar-refractivity contribution in [3.05, 3.63) is 130 Å². The number of nitriles is 1. The highest BCUT2D eigenvalue weighted by molar-refractivity contribution is 7.89. The third-order valence-electron chi connectivity index (χ3n) is 6.45. The Balaban J connectivity index is 1.56. The number of rotatable bonds is 10. The number of carbonyl (C=O) groups excluding carboxylic acids is 1. The van der Waals surface area contributed by atoms with Gasteiger partial charge in [0.05, 0.1) is 17.5 Å². The molecule has 0 aliphatic rings. The first-order chi connectivity index (χ1) is 19.2. The van der Waals surface area contributed by atoms with Crippen LogP contribution < -0.4 is 5.32 Å². The average Bonchev–Trinajstić information content (AvgIpc) is 3.40. The normalized spacial score (nSPS) is 12.6. The predicted molar refractivity (Wildman–Crippen MR) is 154 cm³/mol. The second-order valence-corrected chi connectivity index (χ2v) is 11.6. The van der Waals surface area contributed by atoms with E-state index in [0.29, 0.717) is 5.76 Å². The van der Waals surface area contributed by atoms with Crippen LogP contribution in [0, 0.1) is 25.2 Å². The van der Waals surface area contributed by atoms with Crippen molar-refractivity contribution in [3.63, 3.8) is 0 Å². The lowest BCUT2D eigenvalue weighted by Crippen LogP contribution is -2.30. The van der Waals surface area contributed by atoms with E-state index in [0.717, 1.165) is 22.3 Å². The van der Waals surface area contributed by atoms with Crippen molar-refractivity contribution in [1.82, 2.24) is 9.62 Å². The van der Waals surface area contributed by atoms with E-state index in [1.54, 1.807) is 36.4 Å². The van der Waals surface area contributed by atoms with Crippen LogP contribution in [-0.4, -0.2) is 18.6 Å². The predicted octanol–water partition coefficient (Wildman–Crippen LogP) is 6.07. The van der Waals surface area contributed by atoms with Gasteiger partial charge in [0, 0.05) is 12.6 Å². The molecular weight excluding hydrogens is 522 g/mol. The van der Waals surface area contributed by atoms with Gasteiger partial charge < -0.3 is 9.73 Å². The van der Waals surface area contributed by atoms with Crippen LogP contribution in [0.3, 0.4) is 0 Å². The van der Waals surface area contributed by atoms with E-state index in [1.165, 1.54) is 10.4 Å². The van der Waals surface area contributed by atoms with Gasteiger partial charge in [-0.2, -0.15) is 9.57 Å². The van der Waals surface area contributed by atoms with Crippen molar-refractivity contribution < 1.29 is 17.6 Å². The minimum absolute atomic E-state index is 0.0307. The summed E-state index contributed by atoms with van der Waals surface area (Å²) in [5.41, 5.74) is 3.67. The number of benzene rings is 3. The van der Waals surface area contributed by atoms with Crippen molar-refractivity contribution in [2.24, 2.45) is 0 Å². The summed E-state index contributed by atoms with van der Waals surface area (Å²) in [4.78, 5) is 12.9. The zero-order chi connectivity index (χ0) is 28.7. The Morgan fingerprint density at radius 1 is 0.925 bits per heavy atom. The molecule has 1 atom stereocenters. The first-order valence-electron chi connectivity index (χ1n) is 12.8. The molecule has 1 aromatic heterocycles. The van der Waals surface area contributed by atoms with E-state index < -0.39 is 15.9 Å². The third-order valence-corrected chi connectivity index (χ3v) is 8.26. The SMILES string of the molecule is Cc1ccc(CN(Cc2ccc(/C=C(/C#N)C(=O)N[C@H](C)c3ccccc3)o2)S(=O)(=O)c2ccc(C)cc2)cc1. The second-order valence-electron chi connectivity index (χ2n) is 9.65. The second kappa shape index (κ2) is 12.6. The van der Waals surface area contributed by atoms with Gasteiger partial charge in [0.2, 0.25) is 10.0 Å². The molecule has 0 aliphatic carbocycles. The molecule has 7 nitrogen and oxygen atoms in total. The highest BCUT2D eigenvalue weighted by Gasteiger charge is 2.26. The molecule has 0 aliphatic heterocycles. The number of hydrogen-bond acceptors (Lipinski definition) is 5. The lowest BCUT2D eigenvalue weighted by molar-refractivity contribution is -0.117. The van der Waals surface area contributed by atoms with Gasteiger partial charge in [0.1, 0.15) is 23.2 Å². The molecule has 40 heavy (non-hydrogen) atoms. The Kier molecular flexibility index (Phi) is 9.00. The van der Waals surface area contributed by atoms with Gasteiger partial charge in [0.25, 0.3) is 5.91 Å². The van der Waals surface area contributed by atoms with Gasteiger partial charge >= 0.3 is 0 Å². The summed E-state index contributed by atoms with van der Waals surface area (Å²) >= 11 is 0. The summed E-state index contributed by atoms with van der Waals surface area (Å²) in [6, 6.07) is 28.7. The van der Waals surface area contributed by atoms with Crippen molar-refractivity contribution in [2.45, 2.75) is 44.8 Å². The smallest absolute Gasteiger partial charge is 0.262 e. The van der Waals surface area contributed by atoms with Crippen LogP contribution in [0.1, 0.15) is 46.7 Å². The number of nitrogens with one attached hydrogen (secondary N) is 1. The Bertz CT molecular complexity index is 1630. The molecule has 204 valence electrons. The van der Waals surface area contributed by atoms with Crippen LogP contribution in [0.2, 0.25) is 0 Å². The van der Waals surface area contributed by atoms with Crippen LogP contribution in [0.5, 0.6) is 0 Å². The van der Waals surface area contributed by atoms with E-state index >= 15 is 0 Å². The topological polar surface area (TPSA) is 103 Å². The van der Waals surface area contributed by atoms with E-state index in [1.807, 2.05) is 81.4 Å². The van der Waals surface area contributed by atoms with Crippen LogP contribution in [0.25, 0.3) is 6.08 Å². The summed E-state index contributed by atoms with van der Waals surface area (Å²) in [6.07, 6.45) is 1.36. The van der Waals surface area contributed by atoms with Gasteiger partial charge in [-0.15, -0.1) is 0 Å². The molecule has 0 spiro atoms. The molecule has 4 aromatic rings. The van der Waals surface area contributed by atoms with Gasteiger partial charge in [-0.3, -0.25) is 4.79 Å². The Hall–Kier alpha value is -4.45. The Morgan fingerprint density at radius 2 is 1.55 bits per heavy atom. The van der Waals surface area contributed by atoms with Gasteiger partial charge in [-0.25, -0.2) is 8.42 Å². The molecule has 0 bridgehead atoms. The highest BCUT2D eigenvalue weighted by atomic mass is 32.2. The van der Waals surface area contributed by atoms with Crippen LogP contribution in [-0.2, 0) is 27.9 Å². The maximum Gasteiger partial charge on any atom is 0.262 e. The van der Waals surface area contributed by atoms with E-state index in [-0.39, 0.29) is 35.4 Å².